The fourth-order valence-corrected chi connectivity index (χ4v) is 3.46. The van der Waals surface area contributed by atoms with Crippen molar-refractivity contribution in [3.8, 4) is 11.1 Å². The van der Waals surface area contributed by atoms with Crippen molar-refractivity contribution in [2.24, 2.45) is 7.05 Å². The molecule has 138 valence electrons. The van der Waals surface area contributed by atoms with E-state index in [1.807, 2.05) is 31.4 Å². The molecule has 3 heterocycles. The molecule has 1 amide bonds. The van der Waals surface area contributed by atoms with Gasteiger partial charge in [-0.2, -0.15) is 5.10 Å². The van der Waals surface area contributed by atoms with Crippen LogP contribution in [-0.4, -0.2) is 25.6 Å². The zero-order valence-corrected chi connectivity index (χ0v) is 15.1. The molecule has 28 heavy (non-hydrogen) atoms. The van der Waals surface area contributed by atoms with Gasteiger partial charge >= 0.3 is 0 Å². The first kappa shape index (κ1) is 14.5. The summed E-state index contributed by atoms with van der Waals surface area (Å²) in [4.78, 5) is 17.7. The van der Waals surface area contributed by atoms with Crippen LogP contribution in [0.25, 0.3) is 22.0 Å². The predicted molar refractivity (Wildman–Crippen MR) is 104 cm³/mol. The third kappa shape index (κ3) is 2.74. The maximum atomic E-state index is 14.9. The van der Waals surface area contributed by atoms with Crippen LogP contribution < -0.4 is 0 Å². The van der Waals surface area contributed by atoms with E-state index in [9.17, 15) is 9.18 Å². The van der Waals surface area contributed by atoms with Crippen molar-refractivity contribution in [1.29, 1.82) is 0 Å². The number of pyridine rings is 1. The van der Waals surface area contributed by atoms with E-state index >= 15 is 0 Å². The third-order valence-corrected chi connectivity index (χ3v) is 4.86. The highest BCUT2D eigenvalue weighted by Gasteiger charge is 2.28. The molecule has 0 fully saturated rings. The Morgan fingerprint density at radius 1 is 1.18 bits per heavy atom. The lowest BCUT2D eigenvalue weighted by Crippen LogP contribution is -2.23. The molecule has 6 heteroatoms. The maximum Gasteiger partial charge on any atom is 0.256 e. The van der Waals surface area contributed by atoms with Gasteiger partial charge < -0.3 is 4.90 Å². The Balaban J connectivity index is 1.46. The average molecular weight is 374 g/mol. The van der Waals surface area contributed by atoms with E-state index in [0.717, 1.165) is 21.4 Å². The molecular formula is C22H17FN4O. The molecule has 0 unspecified atom stereocenters. The number of nitrogens with zero attached hydrogens (tertiary/aromatic N) is 4. The van der Waals surface area contributed by atoms with E-state index in [1.54, 1.807) is 22.9 Å². The number of aryl methyl sites for hydroxylation is 1. The molecule has 4 aromatic rings. The van der Waals surface area contributed by atoms with E-state index in [1.165, 1.54) is 18.3 Å². The number of hydrogen-bond acceptors (Lipinski definition) is 3. The van der Waals surface area contributed by atoms with Crippen LogP contribution >= 0.6 is 0 Å². The van der Waals surface area contributed by atoms with Gasteiger partial charge in [-0.25, -0.2) is 4.39 Å². The Morgan fingerprint density at radius 2 is 2.00 bits per heavy atom. The smallest absolute Gasteiger partial charge is 0.256 e. The van der Waals surface area contributed by atoms with E-state index < -0.39 is 18.2 Å². The fourth-order valence-electron chi connectivity index (χ4n) is 3.46. The highest BCUT2D eigenvalue weighted by atomic mass is 19.1. The summed E-state index contributed by atoms with van der Waals surface area (Å²) in [5.74, 6) is -0.986. The maximum absolute atomic E-state index is 14.9. The van der Waals surface area contributed by atoms with Crippen molar-refractivity contribution in [3.05, 3.63) is 83.6 Å². The molecule has 2 aromatic carbocycles. The van der Waals surface area contributed by atoms with E-state index in [2.05, 4.69) is 10.1 Å². The summed E-state index contributed by atoms with van der Waals surface area (Å²) >= 11 is 0. The van der Waals surface area contributed by atoms with Crippen LogP contribution in [0.15, 0.2) is 60.9 Å². The normalized spacial score (nSPS) is 16.2. The lowest BCUT2D eigenvalue weighted by Gasteiger charge is -2.16. The van der Waals surface area contributed by atoms with Crippen LogP contribution in [0.5, 0.6) is 0 Å². The predicted octanol–water partition coefficient (Wildman–Crippen LogP) is 3.93. The number of halogens is 1. The van der Waals surface area contributed by atoms with E-state index in [4.69, 9.17) is 2.74 Å². The average Bonchev–Trinajstić information content (AvgIpc) is 3.19. The van der Waals surface area contributed by atoms with Gasteiger partial charge in [0.25, 0.3) is 5.91 Å². The number of carbonyl (C=O) groups is 1. The number of benzene rings is 2. The zero-order chi connectivity index (χ0) is 21.0. The van der Waals surface area contributed by atoms with E-state index in [0.29, 0.717) is 5.56 Å². The minimum Gasteiger partial charge on any atom is -0.328 e. The van der Waals surface area contributed by atoms with Crippen molar-refractivity contribution in [3.63, 3.8) is 0 Å². The number of aromatic nitrogens is 3. The molecule has 0 aliphatic carbocycles. The topological polar surface area (TPSA) is 51.0 Å². The minimum absolute atomic E-state index is 0.0665. The van der Waals surface area contributed by atoms with Crippen molar-refractivity contribution < 1.29 is 11.9 Å². The Morgan fingerprint density at radius 3 is 2.82 bits per heavy atom. The Kier molecular flexibility index (Phi) is 3.25. The lowest BCUT2D eigenvalue weighted by molar-refractivity contribution is 0.0765. The highest BCUT2D eigenvalue weighted by molar-refractivity contribution is 5.97. The Hall–Kier alpha value is -3.54. The molecule has 0 bridgehead atoms. The summed E-state index contributed by atoms with van der Waals surface area (Å²) in [6.07, 6.45) is 3.35. The van der Waals surface area contributed by atoms with Gasteiger partial charge in [0.2, 0.25) is 0 Å². The van der Waals surface area contributed by atoms with Gasteiger partial charge in [0, 0.05) is 36.9 Å². The second kappa shape index (κ2) is 6.27. The van der Waals surface area contributed by atoms with Crippen LogP contribution in [-0.2, 0) is 20.1 Å². The summed E-state index contributed by atoms with van der Waals surface area (Å²) in [5, 5.41) is 5.30. The molecule has 0 saturated heterocycles. The highest BCUT2D eigenvalue weighted by Crippen LogP contribution is 2.27. The minimum atomic E-state index is -2.09. The molecular weight excluding hydrogens is 355 g/mol. The molecule has 0 atom stereocenters. The quantitative estimate of drug-likeness (QED) is 0.546. The Labute approximate surface area is 163 Å². The molecule has 1 aliphatic heterocycles. The Bertz CT molecular complexity index is 1320. The van der Waals surface area contributed by atoms with Gasteiger partial charge in [0.1, 0.15) is 5.82 Å². The van der Waals surface area contributed by atoms with Crippen molar-refractivity contribution >= 4 is 16.8 Å². The SMILES string of the molecule is [2H]C1([2H])c2ncccc2C(=O)N1Cc1ccc(-c2ccc3nn(C)cc3c2)cc1F. The summed E-state index contributed by atoms with van der Waals surface area (Å²) < 4.78 is 33.3. The lowest BCUT2D eigenvalue weighted by atomic mass is 10.0. The van der Waals surface area contributed by atoms with Crippen molar-refractivity contribution in [2.75, 3.05) is 0 Å². The summed E-state index contributed by atoms with van der Waals surface area (Å²) in [5.41, 5.74) is 2.93. The monoisotopic (exact) mass is 374 g/mol. The van der Waals surface area contributed by atoms with Crippen LogP contribution in [0.1, 0.15) is 24.4 Å². The standard InChI is InChI=1S/C22H17FN4O/c1-26-11-17-9-14(6-7-20(17)25-26)15-4-5-16(19(23)10-15)12-27-13-21-18(22(27)28)3-2-8-24-21/h2-11H,12-13H2,1H3/i13D2. The van der Waals surface area contributed by atoms with Gasteiger partial charge in [-0.15, -0.1) is 0 Å². The summed E-state index contributed by atoms with van der Waals surface area (Å²) in [6, 6.07) is 13.6. The largest absolute Gasteiger partial charge is 0.328 e. The van der Waals surface area contributed by atoms with Crippen LogP contribution in [0.4, 0.5) is 4.39 Å². The number of fused-ring (bicyclic) bond motifs is 2. The van der Waals surface area contributed by atoms with Crippen LogP contribution in [0, 0.1) is 5.82 Å². The van der Waals surface area contributed by atoms with E-state index in [-0.39, 0.29) is 23.4 Å². The van der Waals surface area contributed by atoms with Crippen molar-refractivity contribution in [1.82, 2.24) is 19.7 Å². The summed E-state index contributed by atoms with van der Waals surface area (Å²) in [7, 11) is 1.85. The molecule has 1 aliphatic rings. The molecule has 0 spiro atoms. The van der Waals surface area contributed by atoms with Crippen LogP contribution in [0.2, 0.25) is 0 Å². The molecule has 5 rings (SSSR count). The molecule has 0 saturated carbocycles. The third-order valence-electron chi connectivity index (χ3n) is 4.86. The first-order chi connectivity index (χ1) is 14.3. The second-order valence-corrected chi connectivity index (χ2v) is 6.79. The van der Waals surface area contributed by atoms with Gasteiger partial charge in [-0.1, -0.05) is 18.2 Å². The number of hydrogen-bond donors (Lipinski definition) is 0. The van der Waals surface area contributed by atoms with Gasteiger partial charge in [-0.05, 0) is 41.5 Å². The first-order valence-electron chi connectivity index (χ1n) is 9.84. The number of amides is 1. The second-order valence-electron chi connectivity index (χ2n) is 6.79. The molecule has 5 nitrogen and oxygen atoms in total. The van der Waals surface area contributed by atoms with Gasteiger partial charge in [-0.3, -0.25) is 14.5 Å². The van der Waals surface area contributed by atoms with Gasteiger partial charge in [0.15, 0.2) is 0 Å². The zero-order valence-electron chi connectivity index (χ0n) is 17.1. The van der Waals surface area contributed by atoms with Crippen molar-refractivity contribution in [2.45, 2.75) is 13.0 Å². The number of rotatable bonds is 3. The first-order valence-corrected chi connectivity index (χ1v) is 8.84. The van der Waals surface area contributed by atoms with Gasteiger partial charge in [0.05, 0.1) is 26.0 Å². The molecule has 2 aromatic heterocycles. The van der Waals surface area contributed by atoms with Crippen LogP contribution in [0.3, 0.4) is 0 Å². The molecule has 0 radical (unpaired) electrons. The summed E-state index contributed by atoms with van der Waals surface area (Å²) in [6.45, 7) is -2.28. The fraction of sp³-hybridized carbons (Fsp3) is 0.136. The molecule has 0 N–H and O–H groups in total. The number of carbonyl (C=O) groups excluding carboxylic acids is 1.